The van der Waals surface area contributed by atoms with Crippen LogP contribution in [-0.2, 0) is 25.7 Å². The Hall–Kier alpha value is -3.14. The third kappa shape index (κ3) is 6.69. The number of fused-ring (bicyclic) bond motifs is 2. The number of hydrogen-bond donors (Lipinski definition) is 3. The van der Waals surface area contributed by atoms with Crippen molar-refractivity contribution < 1.29 is 22.3 Å². The van der Waals surface area contributed by atoms with Crippen LogP contribution in [0.4, 0.5) is 11.4 Å². The highest BCUT2D eigenvalue weighted by Crippen LogP contribution is 2.48. The summed E-state index contributed by atoms with van der Waals surface area (Å²) >= 11 is 4.57. The van der Waals surface area contributed by atoms with Gasteiger partial charge in [-0.15, -0.1) is 12.6 Å². The predicted octanol–water partition coefficient (Wildman–Crippen LogP) is 6.72. The second-order valence-corrected chi connectivity index (χ2v) is 14.1. The molecule has 2 aliphatic heterocycles. The van der Waals surface area contributed by atoms with Crippen molar-refractivity contribution in [3.8, 4) is 0 Å². The molecule has 7 nitrogen and oxygen atoms in total. The van der Waals surface area contributed by atoms with E-state index in [1.807, 2.05) is 18.2 Å². The van der Waals surface area contributed by atoms with Crippen molar-refractivity contribution in [2.24, 2.45) is 0 Å². The van der Waals surface area contributed by atoms with Gasteiger partial charge in [0, 0.05) is 65.8 Å². The van der Waals surface area contributed by atoms with Gasteiger partial charge in [-0.3, -0.25) is 9.35 Å². The van der Waals surface area contributed by atoms with Gasteiger partial charge in [-0.2, -0.15) is 13.0 Å². The summed E-state index contributed by atoms with van der Waals surface area (Å²) in [6, 6.07) is 11.2. The second-order valence-electron chi connectivity index (χ2n) is 12.2. The van der Waals surface area contributed by atoms with Crippen molar-refractivity contribution >= 4 is 45.7 Å². The number of allylic oxidation sites excluding steroid dienone is 6. The van der Waals surface area contributed by atoms with E-state index in [0.29, 0.717) is 6.42 Å². The van der Waals surface area contributed by atoms with Gasteiger partial charge in [0.1, 0.15) is 6.54 Å². The van der Waals surface area contributed by atoms with E-state index in [4.69, 9.17) is 0 Å². The first-order chi connectivity index (χ1) is 20.2. The van der Waals surface area contributed by atoms with Gasteiger partial charge in [0.15, 0.2) is 5.71 Å². The van der Waals surface area contributed by atoms with Crippen LogP contribution < -0.4 is 10.2 Å². The molecule has 0 saturated carbocycles. The number of anilines is 1. The number of nitrogens with zero attached hydrogens (tertiary/aromatic N) is 2. The highest BCUT2D eigenvalue weighted by atomic mass is 32.2. The van der Waals surface area contributed by atoms with E-state index < -0.39 is 15.5 Å². The number of rotatable bonds is 11. The molecule has 0 aromatic heterocycles. The third-order valence-electron chi connectivity index (χ3n) is 8.65. The molecular formula is C34H44N3O4S2+. The first-order valence-electron chi connectivity index (χ1n) is 14.9. The highest BCUT2D eigenvalue weighted by molar-refractivity contribution is 7.85. The number of carbonyl (C=O) groups excluding carboxylic acids is 1. The summed E-state index contributed by atoms with van der Waals surface area (Å²) in [7, 11) is -2.68. The highest BCUT2D eigenvalue weighted by Gasteiger charge is 2.45. The Morgan fingerprint density at radius 3 is 2.42 bits per heavy atom. The molecule has 0 radical (unpaired) electrons. The molecule has 0 bridgehead atoms. The summed E-state index contributed by atoms with van der Waals surface area (Å²) in [4.78, 5) is 14.8. The van der Waals surface area contributed by atoms with E-state index in [2.05, 4.69) is 92.4 Å². The lowest BCUT2D eigenvalue weighted by Crippen LogP contribution is -2.28. The summed E-state index contributed by atoms with van der Waals surface area (Å²) in [6.45, 7) is 12.4. The third-order valence-corrected chi connectivity index (χ3v) is 9.78. The summed E-state index contributed by atoms with van der Waals surface area (Å²) < 4.78 is 35.8. The number of thiol groups is 1. The Labute approximate surface area is 262 Å². The van der Waals surface area contributed by atoms with Gasteiger partial charge in [0.25, 0.3) is 10.1 Å². The largest absolute Gasteiger partial charge is 0.359 e. The van der Waals surface area contributed by atoms with E-state index in [9.17, 15) is 17.8 Å². The zero-order chi connectivity index (χ0) is 31.6. The average molecular weight is 623 g/mol. The van der Waals surface area contributed by atoms with Crippen LogP contribution in [0.15, 0.2) is 82.3 Å². The van der Waals surface area contributed by atoms with Gasteiger partial charge < -0.3 is 10.2 Å². The molecule has 230 valence electrons. The summed E-state index contributed by atoms with van der Waals surface area (Å²) in [5, 5.41) is 2.67. The van der Waals surface area contributed by atoms with Crippen LogP contribution in [0.25, 0.3) is 0 Å². The lowest BCUT2D eigenvalue weighted by atomic mass is 9.81. The Kier molecular flexibility index (Phi) is 9.79. The maximum Gasteiger partial charge on any atom is 0.294 e. The lowest BCUT2D eigenvalue weighted by Gasteiger charge is -2.25. The van der Waals surface area contributed by atoms with Gasteiger partial charge in [-0.25, -0.2) is 0 Å². The van der Waals surface area contributed by atoms with Crippen LogP contribution >= 0.6 is 12.6 Å². The van der Waals surface area contributed by atoms with Crippen LogP contribution in [0, 0.1) is 0 Å². The summed E-state index contributed by atoms with van der Waals surface area (Å²) in [5.74, 6) is 0.0423. The van der Waals surface area contributed by atoms with E-state index in [0.717, 1.165) is 54.2 Å². The fraction of sp³-hybridized carbons (Fsp3) is 0.412. The number of hydrogen-bond acceptors (Lipinski definition) is 5. The molecule has 0 fully saturated rings. The van der Waals surface area contributed by atoms with E-state index >= 15 is 0 Å². The molecule has 1 amide bonds. The van der Waals surface area contributed by atoms with Crippen molar-refractivity contribution in [3.05, 3.63) is 83.6 Å². The fourth-order valence-corrected chi connectivity index (χ4v) is 6.99. The van der Waals surface area contributed by atoms with Crippen LogP contribution in [-0.4, -0.2) is 49.3 Å². The van der Waals surface area contributed by atoms with E-state index in [1.165, 1.54) is 23.0 Å². The minimum atomic E-state index is -4.33. The normalized spacial score (nSPS) is 18.2. The molecule has 0 atom stereocenters. The van der Waals surface area contributed by atoms with E-state index in [1.54, 1.807) is 19.2 Å². The zero-order valence-electron chi connectivity index (χ0n) is 26.0. The summed E-state index contributed by atoms with van der Waals surface area (Å²) in [6.07, 6.45) is 13.5. The van der Waals surface area contributed by atoms with Gasteiger partial charge in [0.2, 0.25) is 11.6 Å². The fourth-order valence-electron chi connectivity index (χ4n) is 6.27. The second kappa shape index (κ2) is 12.8. The molecule has 9 heteroatoms. The quantitative estimate of drug-likeness (QED) is 0.0852. The molecule has 2 aromatic rings. The van der Waals surface area contributed by atoms with Crippen LogP contribution in [0.5, 0.6) is 0 Å². The minimum absolute atomic E-state index is 0.0423. The van der Waals surface area contributed by atoms with Crippen molar-refractivity contribution in [1.29, 1.82) is 0 Å². The molecule has 0 aliphatic carbocycles. The van der Waals surface area contributed by atoms with Crippen LogP contribution in [0.2, 0.25) is 0 Å². The SMILES string of the molecule is CCN1/C(=C/C=C/C=C/C2=[N+](CCCCCC(=O)NC)c3ccc(S(=O)(=O)O)cc3C2(C)C)C(C)(C)c2cc(S)ccc21. The number of nitrogens with one attached hydrogen (secondary N) is 1. The van der Waals surface area contributed by atoms with Gasteiger partial charge in [-0.05, 0) is 75.6 Å². The lowest BCUT2D eigenvalue weighted by molar-refractivity contribution is -0.438. The number of amides is 1. The minimum Gasteiger partial charge on any atom is -0.359 e. The topological polar surface area (TPSA) is 89.7 Å². The molecule has 2 aliphatic rings. The van der Waals surface area contributed by atoms with E-state index in [-0.39, 0.29) is 16.2 Å². The van der Waals surface area contributed by atoms with Crippen molar-refractivity contribution in [2.75, 3.05) is 25.0 Å². The molecule has 0 spiro atoms. The molecule has 0 unspecified atom stereocenters. The number of benzene rings is 2. The zero-order valence-corrected chi connectivity index (χ0v) is 27.7. The number of likely N-dealkylation sites (N-methyl/N-ethyl adjacent to an activating group) is 1. The monoisotopic (exact) mass is 622 g/mol. The van der Waals surface area contributed by atoms with Crippen molar-refractivity contribution in [2.45, 2.75) is 80.9 Å². The Morgan fingerprint density at radius 1 is 1.00 bits per heavy atom. The van der Waals surface area contributed by atoms with Crippen LogP contribution in [0.3, 0.4) is 0 Å². The Morgan fingerprint density at radius 2 is 1.74 bits per heavy atom. The molecule has 0 saturated heterocycles. The number of carbonyl (C=O) groups is 1. The maximum absolute atomic E-state index is 11.9. The maximum atomic E-state index is 11.9. The van der Waals surface area contributed by atoms with Crippen molar-refractivity contribution in [1.82, 2.24) is 5.32 Å². The first kappa shape index (κ1) is 32.8. The molecule has 4 rings (SSSR count). The van der Waals surface area contributed by atoms with Crippen LogP contribution in [0.1, 0.15) is 71.4 Å². The Balaban J connectivity index is 1.62. The molecule has 43 heavy (non-hydrogen) atoms. The Bertz CT molecular complexity index is 1630. The smallest absolute Gasteiger partial charge is 0.294 e. The average Bonchev–Trinajstić information content (AvgIpc) is 3.29. The number of unbranched alkanes of at least 4 members (excludes halogenated alkanes) is 2. The summed E-state index contributed by atoms with van der Waals surface area (Å²) in [5.41, 5.74) is 5.91. The van der Waals surface area contributed by atoms with Gasteiger partial charge >= 0.3 is 0 Å². The predicted molar refractivity (Wildman–Crippen MR) is 178 cm³/mol. The van der Waals surface area contributed by atoms with Gasteiger partial charge in [-0.1, -0.05) is 32.1 Å². The molecular weight excluding hydrogens is 579 g/mol. The molecule has 2 N–H and O–H groups in total. The van der Waals surface area contributed by atoms with Crippen molar-refractivity contribution in [3.63, 3.8) is 0 Å². The molecule has 2 aromatic carbocycles. The first-order valence-corrected chi connectivity index (χ1v) is 16.8. The molecule has 2 heterocycles. The van der Waals surface area contributed by atoms with Gasteiger partial charge in [0.05, 0.1) is 10.3 Å². The standard InChI is InChI=1S/C34H43N3O4S2/c1-7-36-28-19-17-24(42)22-26(28)33(2,3)30(36)14-10-8-11-15-31-34(4,5)27-23-25(43(39,40)41)18-20-29(27)37(31)21-13-9-12-16-32(38)35-6/h8,10-11,14-15,17-20,22-23H,7,9,12-13,16,21H2,1-6H3,(H2-,35,38,39,40,41,42)/p+1.